The first-order valence-corrected chi connectivity index (χ1v) is 7.98. The van der Waals surface area contributed by atoms with Crippen LogP contribution in [0, 0.1) is 0 Å². The second-order valence-corrected chi connectivity index (χ2v) is 6.89. The topological polar surface area (TPSA) is 23.6 Å². The molecule has 0 atom stereocenters. The van der Waals surface area contributed by atoms with Crippen LogP contribution in [0.1, 0.15) is 18.4 Å². The molecule has 0 bridgehead atoms. The molecule has 1 saturated carbocycles. The highest BCUT2D eigenvalue weighted by molar-refractivity contribution is 8.00. The summed E-state index contributed by atoms with van der Waals surface area (Å²) in [4.78, 5) is 16.4. The fourth-order valence-corrected chi connectivity index (χ4v) is 3.61. The number of para-hydroxylation sites is 1. The molecule has 3 nitrogen and oxygen atoms in total. The molecule has 1 amide bonds. The Morgan fingerprint density at radius 1 is 1.26 bits per heavy atom. The summed E-state index contributed by atoms with van der Waals surface area (Å²) in [7, 11) is 1.88. The number of thioether (sulfide) groups is 1. The molecule has 1 aromatic rings. The highest BCUT2D eigenvalue weighted by Gasteiger charge is 2.43. The highest BCUT2D eigenvalue weighted by atomic mass is 32.2. The van der Waals surface area contributed by atoms with Gasteiger partial charge in [0, 0.05) is 30.6 Å². The number of benzene rings is 1. The van der Waals surface area contributed by atoms with Crippen LogP contribution < -0.4 is 4.90 Å². The zero-order valence-electron chi connectivity index (χ0n) is 11.6. The number of hydrogen-bond acceptors (Lipinski definition) is 3. The first-order valence-electron chi connectivity index (χ1n) is 6.75. The van der Waals surface area contributed by atoms with Crippen molar-refractivity contribution in [1.29, 1.82) is 0 Å². The van der Waals surface area contributed by atoms with Gasteiger partial charge in [-0.2, -0.15) is 11.8 Å². The highest BCUT2D eigenvalue weighted by Crippen LogP contribution is 2.48. The molecule has 0 saturated heterocycles. The standard InChI is InChI=1S/C15H20N2OS/c1-16-13-6-4-3-5-12(13)9-17(10-14(16)18)11-15(19-2)7-8-15/h3-6H,7-11H2,1-2H3. The Morgan fingerprint density at radius 3 is 2.68 bits per heavy atom. The van der Waals surface area contributed by atoms with Crippen molar-refractivity contribution in [3.63, 3.8) is 0 Å². The van der Waals surface area contributed by atoms with Crippen molar-refractivity contribution in [3.05, 3.63) is 29.8 Å². The molecule has 1 fully saturated rings. The summed E-state index contributed by atoms with van der Waals surface area (Å²) in [6.07, 6.45) is 4.76. The van der Waals surface area contributed by atoms with Crippen LogP contribution in [-0.4, -0.2) is 41.9 Å². The van der Waals surface area contributed by atoms with Crippen LogP contribution in [0.25, 0.3) is 0 Å². The van der Waals surface area contributed by atoms with Gasteiger partial charge in [-0.05, 0) is 30.7 Å². The van der Waals surface area contributed by atoms with E-state index in [2.05, 4.69) is 23.3 Å². The predicted octanol–water partition coefficient (Wildman–Crippen LogP) is 2.36. The van der Waals surface area contributed by atoms with E-state index in [4.69, 9.17) is 0 Å². The Hall–Kier alpha value is -1.00. The van der Waals surface area contributed by atoms with Gasteiger partial charge in [0.1, 0.15) is 0 Å². The summed E-state index contributed by atoms with van der Waals surface area (Å²) in [5.74, 6) is 0.196. The van der Waals surface area contributed by atoms with Crippen molar-refractivity contribution in [1.82, 2.24) is 4.90 Å². The van der Waals surface area contributed by atoms with Gasteiger partial charge in [-0.3, -0.25) is 9.69 Å². The first-order chi connectivity index (χ1) is 9.13. The Bertz CT molecular complexity index is 499. The summed E-state index contributed by atoms with van der Waals surface area (Å²) >= 11 is 1.96. The third kappa shape index (κ3) is 2.51. The lowest BCUT2D eigenvalue weighted by molar-refractivity contribution is -0.119. The average Bonchev–Trinajstić information content (AvgIpc) is 3.19. The van der Waals surface area contributed by atoms with E-state index in [1.54, 1.807) is 4.90 Å². The van der Waals surface area contributed by atoms with Crippen molar-refractivity contribution in [2.45, 2.75) is 24.1 Å². The molecule has 1 aliphatic heterocycles. The predicted molar refractivity (Wildman–Crippen MR) is 80.6 cm³/mol. The molecule has 3 rings (SSSR count). The van der Waals surface area contributed by atoms with E-state index in [1.165, 1.54) is 18.4 Å². The van der Waals surface area contributed by atoms with Crippen molar-refractivity contribution < 1.29 is 4.79 Å². The van der Waals surface area contributed by atoms with Gasteiger partial charge in [-0.15, -0.1) is 0 Å². The summed E-state index contributed by atoms with van der Waals surface area (Å²) in [5, 5.41) is 0. The number of fused-ring (bicyclic) bond motifs is 1. The number of anilines is 1. The number of nitrogens with zero attached hydrogens (tertiary/aromatic N) is 2. The lowest BCUT2D eigenvalue weighted by atomic mass is 10.1. The van der Waals surface area contributed by atoms with Gasteiger partial charge in [0.25, 0.3) is 0 Å². The molecule has 4 heteroatoms. The molecule has 0 radical (unpaired) electrons. The number of hydrogen-bond donors (Lipinski definition) is 0. The zero-order chi connectivity index (χ0) is 13.5. The molecular weight excluding hydrogens is 256 g/mol. The van der Waals surface area contributed by atoms with Gasteiger partial charge >= 0.3 is 0 Å². The van der Waals surface area contributed by atoms with Crippen LogP contribution in [0.2, 0.25) is 0 Å². The molecule has 1 heterocycles. The number of amides is 1. The van der Waals surface area contributed by atoms with E-state index in [0.29, 0.717) is 11.3 Å². The molecule has 0 unspecified atom stereocenters. The molecular formula is C15H20N2OS. The fraction of sp³-hybridized carbons (Fsp3) is 0.533. The molecule has 0 aromatic heterocycles. The second-order valence-electron chi connectivity index (χ2n) is 5.61. The Kier molecular flexibility index (Phi) is 3.31. The normalized spacial score (nSPS) is 22.0. The Labute approximate surface area is 119 Å². The van der Waals surface area contributed by atoms with Crippen LogP contribution in [-0.2, 0) is 11.3 Å². The number of rotatable bonds is 3. The van der Waals surface area contributed by atoms with Gasteiger partial charge < -0.3 is 4.90 Å². The van der Waals surface area contributed by atoms with E-state index in [1.807, 2.05) is 30.9 Å². The van der Waals surface area contributed by atoms with Crippen LogP contribution >= 0.6 is 11.8 Å². The van der Waals surface area contributed by atoms with Gasteiger partial charge in [0.2, 0.25) is 5.91 Å². The van der Waals surface area contributed by atoms with Gasteiger partial charge in [-0.1, -0.05) is 18.2 Å². The van der Waals surface area contributed by atoms with E-state index < -0.39 is 0 Å². The van der Waals surface area contributed by atoms with Crippen LogP contribution in [0.15, 0.2) is 24.3 Å². The minimum atomic E-state index is 0.196. The van der Waals surface area contributed by atoms with E-state index in [0.717, 1.165) is 18.8 Å². The molecule has 0 spiro atoms. The fourth-order valence-electron chi connectivity index (χ4n) is 2.79. The zero-order valence-corrected chi connectivity index (χ0v) is 12.4. The quantitative estimate of drug-likeness (QED) is 0.847. The molecule has 19 heavy (non-hydrogen) atoms. The van der Waals surface area contributed by atoms with Crippen molar-refractivity contribution >= 4 is 23.4 Å². The third-order valence-electron chi connectivity index (χ3n) is 4.23. The Morgan fingerprint density at radius 2 is 2.00 bits per heavy atom. The monoisotopic (exact) mass is 276 g/mol. The van der Waals surface area contributed by atoms with Crippen LogP contribution in [0.3, 0.4) is 0 Å². The maximum atomic E-state index is 12.3. The molecule has 2 aliphatic rings. The average molecular weight is 276 g/mol. The first kappa shape index (κ1) is 13.0. The second kappa shape index (κ2) is 4.84. The molecule has 1 aliphatic carbocycles. The molecule has 0 N–H and O–H groups in total. The van der Waals surface area contributed by atoms with E-state index in [9.17, 15) is 4.79 Å². The van der Waals surface area contributed by atoms with Crippen LogP contribution in [0.4, 0.5) is 5.69 Å². The van der Waals surface area contributed by atoms with E-state index >= 15 is 0 Å². The van der Waals surface area contributed by atoms with Gasteiger partial charge in [0.05, 0.1) is 6.54 Å². The number of carbonyl (C=O) groups is 1. The van der Waals surface area contributed by atoms with Crippen LogP contribution in [0.5, 0.6) is 0 Å². The molecule has 102 valence electrons. The smallest absolute Gasteiger partial charge is 0.240 e. The summed E-state index contributed by atoms with van der Waals surface area (Å²) in [6.45, 7) is 2.45. The van der Waals surface area contributed by atoms with Crippen molar-refractivity contribution in [3.8, 4) is 0 Å². The molecule has 1 aromatic carbocycles. The third-order valence-corrected chi connectivity index (χ3v) is 5.64. The maximum absolute atomic E-state index is 12.3. The summed E-state index contributed by atoms with van der Waals surface area (Å²) < 4.78 is 0.415. The lowest BCUT2D eigenvalue weighted by Gasteiger charge is -2.24. The minimum absolute atomic E-state index is 0.196. The summed E-state index contributed by atoms with van der Waals surface area (Å²) in [5.41, 5.74) is 2.32. The number of carbonyl (C=O) groups excluding carboxylic acids is 1. The van der Waals surface area contributed by atoms with Gasteiger partial charge in [-0.25, -0.2) is 0 Å². The Balaban J connectivity index is 1.84. The SMILES string of the molecule is CSC1(CN2CC(=O)N(C)c3ccccc3C2)CC1. The lowest BCUT2D eigenvalue weighted by Crippen LogP contribution is -2.38. The van der Waals surface area contributed by atoms with E-state index in [-0.39, 0.29) is 5.91 Å². The minimum Gasteiger partial charge on any atom is -0.314 e. The van der Waals surface area contributed by atoms with Crippen molar-refractivity contribution in [2.24, 2.45) is 0 Å². The maximum Gasteiger partial charge on any atom is 0.240 e. The van der Waals surface area contributed by atoms with Gasteiger partial charge in [0.15, 0.2) is 0 Å². The summed E-state index contributed by atoms with van der Waals surface area (Å²) in [6, 6.07) is 8.24. The largest absolute Gasteiger partial charge is 0.314 e. The number of likely N-dealkylation sites (N-methyl/N-ethyl adjacent to an activating group) is 1. The van der Waals surface area contributed by atoms with Crippen molar-refractivity contribution in [2.75, 3.05) is 31.3 Å².